The van der Waals surface area contributed by atoms with Gasteiger partial charge in [-0.05, 0) is 25.5 Å². The number of ether oxygens (including phenoxy) is 1. The van der Waals surface area contributed by atoms with Gasteiger partial charge in [-0.1, -0.05) is 24.3 Å². The van der Waals surface area contributed by atoms with E-state index >= 15 is 0 Å². The Morgan fingerprint density at radius 1 is 1.47 bits per heavy atom. The van der Waals surface area contributed by atoms with Gasteiger partial charge in [-0.15, -0.1) is 0 Å². The normalized spacial score (nSPS) is 13.2. The molecule has 1 rings (SSSR count). The third-order valence-electron chi connectivity index (χ3n) is 2.27. The molecule has 0 aromatic heterocycles. The molecule has 1 unspecified atom stereocenters. The second-order valence-corrected chi connectivity index (χ2v) is 3.81. The van der Waals surface area contributed by atoms with Crippen molar-refractivity contribution in [1.29, 1.82) is 0 Å². The highest BCUT2D eigenvalue weighted by Gasteiger charge is 2.04. The van der Waals surface area contributed by atoms with E-state index in [4.69, 9.17) is 15.6 Å². The van der Waals surface area contributed by atoms with E-state index < -0.39 is 5.97 Å². The topological polar surface area (TPSA) is 72.5 Å². The second-order valence-electron chi connectivity index (χ2n) is 3.81. The maximum atomic E-state index is 10.6. The summed E-state index contributed by atoms with van der Waals surface area (Å²) in [5.74, 6) is -0.150. The molecule has 17 heavy (non-hydrogen) atoms. The lowest BCUT2D eigenvalue weighted by Crippen LogP contribution is -2.27. The Morgan fingerprint density at radius 3 is 2.71 bits per heavy atom. The minimum absolute atomic E-state index is 0.204. The van der Waals surface area contributed by atoms with Crippen molar-refractivity contribution in [3.05, 3.63) is 42.0 Å². The predicted molar refractivity (Wildman–Crippen MR) is 65.9 cm³/mol. The van der Waals surface area contributed by atoms with Gasteiger partial charge in [0.1, 0.15) is 12.4 Å². The standard InChI is InChI=1S/C13H17NO3/c1-10(13(15)16)7-8-11(14)9-17-12-5-3-2-4-6-12/h2-7,11H,8-9,14H2,1H3,(H,15,16)/b10-7+. The first-order chi connectivity index (χ1) is 8.09. The fraction of sp³-hybridized carbons (Fsp3) is 0.308. The number of nitrogens with two attached hydrogens (primary N) is 1. The van der Waals surface area contributed by atoms with E-state index in [-0.39, 0.29) is 6.04 Å². The van der Waals surface area contributed by atoms with E-state index in [0.717, 1.165) is 5.75 Å². The largest absolute Gasteiger partial charge is 0.492 e. The molecule has 0 spiro atoms. The fourth-order valence-corrected chi connectivity index (χ4v) is 1.20. The van der Waals surface area contributed by atoms with Crippen molar-refractivity contribution in [2.24, 2.45) is 5.73 Å². The number of rotatable bonds is 6. The van der Waals surface area contributed by atoms with Crippen LogP contribution in [0.4, 0.5) is 0 Å². The molecule has 0 saturated heterocycles. The van der Waals surface area contributed by atoms with Gasteiger partial charge in [-0.2, -0.15) is 0 Å². The molecule has 1 atom stereocenters. The van der Waals surface area contributed by atoms with Gasteiger partial charge >= 0.3 is 5.97 Å². The summed E-state index contributed by atoms with van der Waals surface area (Å²) in [4.78, 5) is 10.6. The number of hydrogen-bond donors (Lipinski definition) is 2. The number of hydrogen-bond acceptors (Lipinski definition) is 3. The summed E-state index contributed by atoms with van der Waals surface area (Å²) in [5, 5.41) is 8.66. The number of carbonyl (C=O) groups is 1. The van der Waals surface area contributed by atoms with Gasteiger partial charge in [0.15, 0.2) is 0 Å². The van der Waals surface area contributed by atoms with Crippen molar-refractivity contribution in [1.82, 2.24) is 0 Å². The third-order valence-corrected chi connectivity index (χ3v) is 2.27. The molecule has 0 heterocycles. The molecule has 0 aliphatic heterocycles. The monoisotopic (exact) mass is 235 g/mol. The van der Waals surface area contributed by atoms with Crippen LogP contribution in [0.5, 0.6) is 5.75 Å². The Kier molecular flexibility index (Phi) is 5.23. The van der Waals surface area contributed by atoms with E-state index in [1.807, 2.05) is 30.3 Å². The van der Waals surface area contributed by atoms with Crippen LogP contribution in [0.3, 0.4) is 0 Å². The van der Waals surface area contributed by atoms with Crippen LogP contribution in [-0.4, -0.2) is 23.7 Å². The zero-order valence-electron chi connectivity index (χ0n) is 9.80. The first-order valence-corrected chi connectivity index (χ1v) is 5.43. The summed E-state index contributed by atoms with van der Waals surface area (Å²) < 4.78 is 5.46. The highest BCUT2D eigenvalue weighted by molar-refractivity contribution is 5.85. The van der Waals surface area contributed by atoms with E-state index in [1.54, 1.807) is 13.0 Å². The minimum Gasteiger partial charge on any atom is -0.492 e. The maximum absolute atomic E-state index is 10.6. The first kappa shape index (κ1) is 13.3. The molecule has 0 aliphatic carbocycles. The van der Waals surface area contributed by atoms with Gasteiger partial charge in [-0.3, -0.25) is 0 Å². The Bertz CT molecular complexity index is 387. The number of carboxylic acid groups (broad SMARTS) is 1. The van der Waals surface area contributed by atoms with Crippen molar-refractivity contribution in [2.75, 3.05) is 6.61 Å². The lowest BCUT2D eigenvalue weighted by molar-refractivity contribution is -0.132. The molecule has 3 N–H and O–H groups in total. The molecular weight excluding hydrogens is 218 g/mol. The van der Waals surface area contributed by atoms with E-state index in [2.05, 4.69) is 0 Å². The van der Waals surface area contributed by atoms with E-state index in [1.165, 1.54) is 0 Å². The minimum atomic E-state index is -0.916. The van der Waals surface area contributed by atoms with Crippen molar-refractivity contribution >= 4 is 5.97 Å². The summed E-state index contributed by atoms with van der Waals surface area (Å²) in [5.41, 5.74) is 6.11. The molecule has 0 fully saturated rings. The van der Waals surface area contributed by atoms with Gasteiger partial charge in [0, 0.05) is 11.6 Å². The molecule has 0 amide bonds. The van der Waals surface area contributed by atoms with Crippen LogP contribution in [0, 0.1) is 0 Å². The average Bonchev–Trinajstić information content (AvgIpc) is 2.34. The van der Waals surface area contributed by atoms with Gasteiger partial charge in [0.2, 0.25) is 0 Å². The Hall–Kier alpha value is -1.81. The average molecular weight is 235 g/mol. The van der Waals surface area contributed by atoms with Crippen LogP contribution in [0.2, 0.25) is 0 Å². The van der Waals surface area contributed by atoms with Crippen LogP contribution in [0.1, 0.15) is 13.3 Å². The smallest absolute Gasteiger partial charge is 0.330 e. The third kappa shape index (κ3) is 5.17. The van der Waals surface area contributed by atoms with E-state index in [0.29, 0.717) is 18.6 Å². The quantitative estimate of drug-likeness (QED) is 0.738. The molecule has 0 saturated carbocycles. The SMILES string of the molecule is C/C(=C\CC(N)COc1ccccc1)C(=O)O. The Morgan fingerprint density at radius 2 is 2.12 bits per heavy atom. The summed E-state index contributed by atoms with van der Waals surface area (Å²) in [7, 11) is 0. The van der Waals surface area contributed by atoms with Gasteiger partial charge < -0.3 is 15.6 Å². The van der Waals surface area contributed by atoms with Crippen molar-refractivity contribution in [3.63, 3.8) is 0 Å². The molecule has 0 aliphatic rings. The van der Waals surface area contributed by atoms with Crippen LogP contribution in [0.25, 0.3) is 0 Å². The molecule has 1 aromatic rings. The van der Waals surface area contributed by atoms with Gasteiger partial charge in [-0.25, -0.2) is 4.79 Å². The lowest BCUT2D eigenvalue weighted by Gasteiger charge is -2.11. The predicted octanol–water partition coefficient (Wildman–Crippen LogP) is 1.81. The summed E-state index contributed by atoms with van der Waals surface area (Å²) in [6.07, 6.45) is 2.10. The zero-order valence-corrected chi connectivity index (χ0v) is 9.80. The van der Waals surface area contributed by atoms with Crippen LogP contribution in [0.15, 0.2) is 42.0 Å². The number of para-hydroxylation sites is 1. The highest BCUT2D eigenvalue weighted by atomic mass is 16.5. The maximum Gasteiger partial charge on any atom is 0.330 e. The summed E-state index contributed by atoms with van der Waals surface area (Å²) in [6.45, 7) is 1.92. The summed E-state index contributed by atoms with van der Waals surface area (Å²) >= 11 is 0. The van der Waals surface area contributed by atoms with Crippen molar-refractivity contribution in [3.8, 4) is 5.75 Å². The van der Waals surface area contributed by atoms with Crippen LogP contribution >= 0.6 is 0 Å². The fourth-order valence-electron chi connectivity index (χ4n) is 1.20. The zero-order chi connectivity index (χ0) is 12.7. The molecule has 4 nitrogen and oxygen atoms in total. The Balaban J connectivity index is 2.33. The number of benzene rings is 1. The number of aliphatic carboxylic acids is 1. The van der Waals surface area contributed by atoms with Crippen molar-refractivity contribution in [2.45, 2.75) is 19.4 Å². The molecule has 4 heteroatoms. The lowest BCUT2D eigenvalue weighted by atomic mass is 10.1. The van der Waals surface area contributed by atoms with Crippen molar-refractivity contribution < 1.29 is 14.6 Å². The number of carboxylic acids is 1. The molecule has 92 valence electrons. The summed E-state index contributed by atoms with van der Waals surface area (Å²) in [6, 6.07) is 9.18. The van der Waals surface area contributed by atoms with Gasteiger partial charge in [0.25, 0.3) is 0 Å². The highest BCUT2D eigenvalue weighted by Crippen LogP contribution is 2.09. The molecule has 1 aromatic carbocycles. The molecular formula is C13H17NO3. The van der Waals surface area contributed by atoms with E-state index in [9.17, 15) is 4.79 Å². The van der Waals surface area contributed by atoms with Gasteiger partial charge in [0.05, 0.1) is 0 Å². The van der Waals surface area contributed by atoms with Crippen LogP contribution in [-0.2, 0) is 4.79 Å². The Labute approximate surface area is 101 Å². The second kappa shape index (κ2) is 6.70. The first-order valence-electron chi connectivity index (χ1n) is 5.43. The molecule has 0 radical (unpaired) electrons. The molecule has 0 bridgehead atoms. The van der Waals surface area contributed by atoms with Crippen LogP contribution < -0.4 is 10.5 Å².